The van der Waals surface area contributed by atoms with Gasteiger partial charge < -0.3 is 15.0 Å². The molecular weight excluding hydrogens is 354 g/mol. The van der Waals surface area contributed by atoms with Crippen LogP contribution in [-0.2, 0) is 4.79 Å². The number of amides is 1. The summed E-state index contributed by atoms with van der Waals surface area (Å²) in [5, 5.41) is 6.47. The molecule has 6 nitrogen and oxygen atoms in total. The van der Waals surface area contributed by atoms with Crippen LogP contribution >= 0.6 is 0 Å². The van der Waals surface area contributed by atoms with Crippen molar-refractivity contribution in [3.8, 4) is 5.88 Å². The van der Waals surface area contributed by atoms with Gasteiger partial charge in [-0.3, -0.25) is 9.59 Å². The molecule has 1 aliphatic heterocycles. The number of rotatable bonds is 4. The Hall–Kier alpha value is -2.89. The average molecular weight is 377 g/mol. The molecule has 1 atom stereocenters. The number of aromatic nitrogens is 2. The zero-order valence-electron chi connectivity index (χ0n) is 15.7. The molecule has 2 aliphatic rings. The van der Waals surface area contributed by atoms with E-state index in [-0.39, 0.29) is 17.5 Å². The lowest BCUT2D eigenvalue weighted by Gasteiger charge is -2.15. The highest BCUT2D eigenvalue weighted by molar-refractivity contribution is 6.01. The molecule has 1 unspecified atom stereocenters. The molecule has 3 heterocycles. The molecule has 0 spiro atoms. The fraction of sp³-hybridized carbons (Fsp3) is 0.409. The third kappa shape index (κ3) is 3.03. The Morgan fingerprint density at radius 3 is 2.71 bits per heavy atom. The minimum absolute atomic E-state index is 0.0295. The molecule has 144 valence electrons. The molecule has 1 aliphatic carbocycles. The van der Waals surface area contributed by atoms with Crippen LogP contribution in [0.1, 0.15) is 50.0 Å². The van der Waals surface area contributed by atoms with Gasteiger partial charge >= 0.3 is 0 Å². The van der Waals surface area contributed by atoms with Crippen LogP contribution in [0.2, 0.25) is 0 Å². The summed E-state index contributed by atoms with van der Waals surface area (Å²) < 4.78 is 5.98. The van der Waals surface area contributed by atoms with Gasteiger partial charge in [0, 0.05) is 29.6 Å². The van der Waals surface area contributed by atoms with Crippen molar-refractivity contribution in [3.63, 3.8) is 0 Å². The maximum atomic E-state index is 12.5. The molecule has 6 heteroatoms. The Morgan fingerprint density at radius 1 is 1.07 bits per heavy atom. The average Bonchev–Trinajstić information content (AvgIpc) is 3.37. The van der Waals surface area contributed by atoms with E-state index in [9.17, 15) is 9.59 Å². The zero-order chi connectivity index (χ0) is 19.1. The number of carbonyl (C=O) groups is 1. The topological polar surface area (TPSA) is 84.1 Å². The van der Waals surface area contributed by atoms with Crippen LogP contribution < -0.4 is 15.6 Å². The summed E-state index contributed by atoms with van der Waals surface area (Å²) in [5.41, 5.74) is 1.15. The van der Waals surface area contributed by atoms with Crippen LogP contribution in [-0.4, -0.2) is 28.5 Å². The minimum Gasteiger partial charge on any atom is -0.475 e. The molecule has 5 rings (SSSR count). The van der Waals surface area contributed by atoms with Crippen LogP contribution in [0.3, 0.4) is 0 Å². The normalized spacial score (nSPS) is 20.1. The van der Waals surface area contributed by atoms with Gasteiger partial charge in [0.25, 0.3) is 5.56 Å². The molecule has 2 fully saturated rings. The van der Waals surface area contributed by atoms with E-state index in [0.29, 0.717) is 24.8 Å². The Kier molecular flexibility index (Phi) is 4.26. The minimum atomic E-state index is -0.0633. The lowest BCUT2D eigenvalue weighted by Crippen LogP contribution is -2.31. The van der Waals surface area contributed by atoms with Gasteiger partial charge in [0.15, 0.2) is 0 Å². The standard InChI is InChI=1S/C22H23N3O3/c26-20-6-5-15(25-20)12-28-22-16-10-17-18(9-14(16)7-8-23-22)21(27)24-11-19(17)13-3-1-2-4-13/h7-11,13,15H,1-6,12H2,(H,24,27)(H,25,26). The molecule has 1 saturated heterocycles. The van der Waals surface area contributed by atoms with E-state index in [2.05, 4.69) is 21.4 Å². The van der Waals surface area contributed by atoms with Crippen molar-refractivity contribution < 1.29 is 9.53 Å². The Morgan fingerprint density at radius 2 is 1.93 bits per heavy atom. The first kappa shape index (κ1) is 17.2. The molecule has 28 heavy (non-hydrogen) atoms. The highest BCUT2D eigenvalue weighted by atomic mass is 16.5. The maximum Gasteiger partial charge on any atom is 0.255 e. The van der Waals surface area contributed by atoms with Crippen LogP contribution in [0.4, 0.5) is 0 Å². The van der Waals surface area contributed by atoms with Gasteiger partial charge in [-0.05, 0) is 59.7 Å². The van der Waals surface area contributed by atoms with Crippen LogP contribution in [0.5, 0.6) is 5.88 Å². The Bertz CT molecular complexity index is 1120. The molecule has 1 saturated carbocycles. The second-order valence-electron chi connectivity index (χ2n) is 7.90. The molecule has 1 amide bonds. The van der Waals surface area contributed by atoms with Gasteiger partial charge in [0.1, 0.15) is 6.61 Å². The Labute approximate surface area is 162 Å². The van der Waals surface area contributed by atoms with Gasteiger partial charge in [-0.15, -0.1) is 0 Å². The number of carbonyl (C=O) groups excluding carboxylic acids is 1. The smallest absolute Gasteiger partial charge is 0.255 e. The van der Waals surface area contributed by atoms with Crippen molar-refractivity contribution in [2.24, 2.45) is 0 Å². The predicted octanol–water partition coefficient (Wildman–Crippen LogP) is 3.39. The number of benzene rings is 1. The molecule has 2 N–H and O–H groups in total. The monoisotopic (exact) mass is 377 g/mol. The second-order valence-corrected chi connectivity index (χ2v) is 7.90. The number of aromatic amines is 1. The number of nitrogens with one attached hydrogen (secondary N) is 2. The first-order chi connectivity index (χ1) is 13.7. The Balaban J connectivity index is 1.58. The van der Waals surface area contributed by atoms with Gasteiger partial charge in [-0.2, -0.15) is 0 Å². The number of fused-ring (bicyclic) bond motifs is 2. The van der Waals surface area contributed by atoms with E-state index < -0.39 is 0 Å². The number of ether oxygens (including phenoxy) is 1. The van der Waals surface area contributed by atoms with Crippen LogP contribution in [0.15, 0.2) is 35.4 Å². The zero-order valence-corrected chi connectivity index (χ0v) is 15.7. The van der Waals surface area contributed by atoms with Crippen molar-refractivity contribution in [2.45, 2.75) is 50.5 Å². The van der Waals surface area contributed by atoms with Crippen LogP contribution in [0.25, 0.3) is 21.5 Å². The van der Waals surface area contributed by atoms with Crippen molar-refractivity contribution in [3.05, 3.63) is 46.5 Å². The summed E-state index contributed by atoms with van der Waals surface area (Å²) in [6.45, 7) is 0.404. The van der Waals surface area contributed by atoms with Crippen molar-refractivity contribution in [2.75, 3.05) is 6.61 Å². The fourth-order valence-electron chi connectivity index (χ4n) is 4.59. The van der Waals surface area contributed by atoms with Gasteiger partial charge in [-0.1, -0.05) is 12.8 Å². The largest absolute Gasteiger partial charge is 0.475 e. The number of nitrogens with zero attached hydrogens (tertiary/aromatic N) is 1. The summed E-state index contributed by atoms with van der Waals surface area (Å²) in [7, 11) is 0. The van der Waals surface area contributed by atoms with E-state index in [1.165, 1.54) is 18.4 Å². The maximum absolute atomic E-state index is 12.5. The predicted molar refractivity (Wildman–Crippen MR) is 108 cm³/mol. The molecule has 3 aromatic rings. The SMILES string of the molecule is O=C1CCC(COc2nccc3cc4c(=O)[nH]cc(C5CCCC5)c4cc23)N1. The van der Waals surface area contributed by atoms with Crippen molar-refractivity contribution in [1.82, 2.24) is 15.3 Å². The molecule has 0 radical (unpaired) electrons. The van der Waals surface area contributed by atoms with E-state index in [4.69, 9.17) is 4.74 Å². The number of H-pyrrole nitrogens is 1. The summed E-state index contributed by atoms with van der Waals surface area (Å²) >= 11 is 0. The molecule has 1 aromatic carbocycles. The first-order valence-electron chi connectivity index (χ1n) is 10.1. The van der Waals surface area contributed by atoms with E-state index in [0.717, 1.165) is 40.8 Å². The van der Waals surface area contributed by atoms with E-state index in [1.54, 1.807) is 6.20 Å². The third-order valence-electron chi connectivity index (χ3n) is 6.08. The number of hydrogen-bond donors (Lipinski definition) is 2. The quantitative estimate of drug-likeness (QED) is 0.683. The lowest BCUT2D eigenvalue weighted by atomic mass is 9.93. The summed E-state index contributed by atoms with van der Waals surface area (Å²) in [6, 6.07) is 5.93. The highest BCUT2D eigenvalue weighted by Gasteiger charge is 2.23. The first-order valence-corrected chi connectivity index (χ1v) is 10.1. The van der Waals surface area contributed by atoms with Crippen LogP contribution in [0, 0.1) is 0 Å². The van der Waals surface area contributed by atoms with Crippen molar-refractivity contribution in [1.29, 1.82) is 0 Å². The number of pyridine rings is 2. The van der Waals surface area contributed by atoms with Gasteiger partial charge in [-0.25, -0.2) is 4.98 Å². The fourth-order valence-corrected chi connectivity index (χ4v) is 4.59. The highest BCUT2D eigenvalue weighted by Crippen LogP contribution is 2.38. The summed E-state index contributed by atoms with van der Waals surface area (Å²) in [6.07, 6.45) is 9.73. The molecule has 2 aromatic heterocycles. The van der Waals surface area contributed by atoms with Gasteiger partial charge in [0.05, 0.1) is 6.04 Å². The van der Waals surface area contributed by atoms with E-state index in [1.807, 2.05) is 18.3 Å². The second kappa shape index (κ2) is 6.93. The summed E-state index contributed by atoms with van der Waals surface area (Å²) in [4.78, 5) is 31.2. The third-order valence-corrected chi connectivity index (χ3v) is 6.08. The molecular formula is C22H23N3O3. The summed E-state index contributed by atoms with van der Waals surface area (Å²) in [5.74, 6) is 1.12. The van der Waals surface area contributed by atoms with Crippen molar-refractivity contribution >= 4 is 27.5 Å². The molecule has 0 bridgehead atoms. The lowest BCUT2D eigenvalue weighted by molar-refractivity contribution is -0.119. The van der Waals surface area contributed by atoms with E-state index >= 15 is 0 Å². The van der Waals surface area contributed by atoms with Gasteiger partial charge in [0.2, 0.25) is 11.8 Å². The number of hydrogen-bond acceptors (Lipinski definition) is 4.